The first kappa shape index (κ1) is 17.9. The van der Waals surface area contributed by atoms with Gasteiger partial charge in [0.15, 0.2) is 0 Å². The zero-order valence-electron chi connectivity index (χ0n) is 16.5. The van der Waals surface area contributed by atoms with Crippen LogP contribution in [0.4, 0.5) is 0 Å². The molecule has 2 heterocycles. The molecule has 0 amide bonds. The summed E-state index contributed by atoms with van der Waals surface area (Å²) in [5.74, 6) is 2.58. The van der Waals surface area contributed by atoms with E-state index in [0.717, 1.165) is 40.6 Å². The van der Waals surface area contributed by atoms with Crippen molar-refractivity contribution < 1.29 is 9.47 Å². The van der Waals surface area contributed by atoms with Crippen LogP contribution in [0.15, 0.2) is 36.5 Å². The van der Waals surface area contributed by atoms with E-state index in [1.165, 1.54) is 30.5 Å². The fourth-order valence-electron chi connectivity index (χ4n) is 3.87. The second-order valence-corrected chi connectivity index (χ2v) is 7.45. The number of rotatable bonds is 7. The second-order valence-electron chi connectivity index (χ2n) is 7.45. The van der Waals surface area contributed by atoms with Crippen molar-refractivity contribution in [3.8, 4) is 11.5 Å². The summed E-state index contributed by atoms with van der Waals surface area (Å²) in [7, 11) is 0. The molecule has 4 nitrogen and oxygen atoms in total. The Labute approximate surface area is 161 Å². The predicted octanol–water partition coefficient (Wildman–Crippen LogP) is 5.43. The molecule has 0 saturated heterocycles. The molecule has 142 valence electrons. The van der Waals surface area contributed by atoms with Gasteiger partial charge in [-0.3, -0.25) is 4.98 Å². The van der Waals surface area contributed by atoms with E-state index in [1.54, 1.807) is 0 Å². The van der Waals surface area contributed by atoms with E-state index in [2.05, 4.69) is 29.5 Å². The molecule has 27 heavy (non-hydrogen) atoms. The van der Waals surface area contributed by atoms with Crippen LogP contribution in [0, 0.1) is 19.8 Å². The zero-order valence-corrected chi connectivity index (χ0v) is 16.5. The van der Waals surface area contributed by atoms with E-state index >= 15 is 0 Å². The van der Waals surface area contributed by atoms with Gasteiger partial charge in [-0.25, -0.2) is 0 Å². The minimum absolute atomic E-state index is 0.488. The SMILES string of the molecule is CCOc1ccccc1COc1ccnc2c(C)c(C)n(CC3CCC3)c12. The van der Waals surface area contributed by atoms with E-state index in [1.807, 2.05) is 37.4 Å². The van der Waals surface area contributed by atoms with Crippen LogP contribution >= 0.6 is 0 Å². The smallest absolute Gasteiger partial charge is 0.147 e. The Kier molecular flexibility index (Phi) is 5.06. The molecule has 1 fully saturated rings. The lowest BCUT2D eigenvalue weighted by atomic mass is 9.85. The number of ether oxygens (including phenoxy) is 2. The van der Waals surface area contributed by atoms with Crippen LogP contribution in [0.3, 0.4) is 0 Å². The van der Waals surface area contributed by atoms with Crippen molar-refractivity contribution in [3.63, 3.8) is 0 Å². The van der Waals surface area contributed by atoms with Crippen molar-refractivity contribution in [1.29, 1.82) is 0 Å². The third-order valence-electron chi connectivity index (χ3n) is 5.78. The van der Waals surface area contributed by atoms with Crippen molar-refractivity contribution in [2.24, 2.45) is 5.92 Å². The van der Waals surface area contributed by atoms with Gasteiger partial charge >= 0.3 is 0 Å². The van der Waals surface area contributed by atoms with Gasteiger partial charge in [-0.15, -0.1) is 0 Å². The van der Waals surface area contributed by atoms with Crippen LogP contribution in [0.25, 0.3) is 11.0 Å². The Balaban J connectivity index is 1.66. The lowest BCUT2D eigenvalue weighted by Gasteiger charge is -2.27. The van der Waals surface area contributed by atoms with Gasteiger partial charge in [0.1, 0.15) is 23.6 Å². The molecule has 0 atom stereocenters. The van der Waals surface area contributed by atoms with Gasteiger partial charge in [0.05, 0.1) is 12.1 Å². The first-order valence-electron chi connectivity index (χ1n) is 9.97. The second kappa shape index (κ2) is 7.63. The van der Waals surface area contributed by atoms with Crippen molar-refractivity contribution in [1.82, 2.24) is 9.55 Å². The van der Waals surface area contributed by atoms with Crippen molar-refractivity contribution in [3.05, 3.63) is 53.3 Å². The lowest BCUT2D eigenvalue weighted by Crippen LogP contribution is -2.18. The van der Waals surface area contributed by atoms with Crippen LogP contribution in [-0.2, 0) is 13.2 Å². The molecule has 4 heteroatoms. The van der Waals surface area contributed by atoms with Gasteiger partial charge in [-0.2, -0.15) is 0 Å². The van der Waals surface area contributed by atoms with Gasteiger partial charge in [-0.05, 0) is 51.2 Å². The minimum atomic E-state index is 0.488. The number of fused-ring (bicyclic) bond motifs is 1. The molecular weight excluding hydrogens is 336 g/mol. The molecule has 4 rings (SSSR count). The fourth-order valence-corrected chi connectivity index (χ4v) is 3.87. The van der Waals surface area contributed by atoms with Crippen molar-refractivity contribution >= 4 is 11.0 Å². The number of hydrogen-bond acceptors (Lipinski definition) is 3. The molecule has 0 N–H and O–H groups in total. The first-order valence-corrected chi connectivity index (χ1v) is 9.97. The number of pyridine rings is 1. The van der Waals surface area contributed by atoms with Gasteiger partial charge in [-0.1, -0.05) is 24.6 Å². The zero-order chi connectivity index (χ0) is 18.8. The molecule has 0 unspecified atom stereocenters. The monoisotopic (exact) mass is 364 g/mol. The molecule has 1 saturated carbocycles. The lowest BCUT2D eigenvalue weighted by molar-refractivity contribution is 0.273. The van der Waals surface area contributed by atoms with E-state index in [-0.39, 0.29) is 0 Å². The summed E-state index contributed by atoms with van der Waals surface area (Å²) in [5.41, 5.74) is 5.81. The number of para-hydroxylation sites is 1. The van der Waals surface area contributed by atoms with Crippen LogP contribution in [0.1, 0.15) is 43.0 Å². The molecule has 0 aliphatic heterocycles. The number of aromatic nitrogens is 2. The Morgan fingerprint density at radius 3 is 2.63 bits per heavy atom. The van der Waals surface area contributed by atoms with Crippen LogP contribution in [0.5, 0.6) is 11.5 Å². The van der Waals surface area contributed by atoms with E-state index in [9.17, 15) is 0 Å². The third-order valence-corrected chi connectivity index (χ3v) is 5.78. The summed E-state index contributed by atoms with van der Waals surface area (Å²) >= 11 is 0. The number of nitrogens with zero attached hydrogens (tertiary/aromatic N) is 2. The maximum atomic E-state index is 6.29. The standard InChI is InChI=1S/C23H28N2O2/c1-4-26-20-11-6-5-10-19(20)15-27-21-12-13-24-22-16(2)17(3)25(23(21)22)14-18-8-7-9-18/h5-6,10-13,18H,4,7-9,14-15H2,1-3H3. The highest BCUT2D eigenvalue weighted by molar-refractivity contribution is 5.86. The molecule has 0 spiro atoms. The Bertz CT molecular complexity index is 941. The molecule has 0 bridgehead atoms. The van der Waals surface area contributed by atoms with E-state index < -0.39 is 0 Å². The molecule has 0 radical (unpaired) electrons. The van der Waals surface area contributed by atoms with Crippen molar-refractivity contribution in [2.75, 3.05) is 6.61 Å². The summed E-state index contributed by atoms with van der Waals surface area (Å²) < 4.78 is 14.5. The Hall–Kier alpha value is -2.49. The van der Waals surface area contributed by atoms with E-state index in [4.69, 9.17) is 9.47 Å². The topological polar surface area (TPSA) is 36.3 Å². The van der Waals surface area contributed by atoms with Gasteiger partial charge in [0, 0.05) is 30.1 Å². The molecular formula is C23H28N2O2. The average molecular weight is 364 g/mol. The third kappa shape index (κ3) is 3.41. The number of benzene rings is 1. The highest BCUT2D eigenvalue weighted by Crippen LogP contribution is 2.35. The maximum absolute atomic E-state index is 6.29. The minimum Gasteiger partial charge on any atom is -0.493 e. The first-order chi connectivity index (χ1) is 13.2. The summed E-state index contributed by atoms with van der Waals surface area (Å²) in [6, 6.07) is 10.1. The van der Waals surface area contributed by atoms with Gasteiger partial charge < -0.3 is 14.0 Å². The number of aryl methyl sites for hydroxylation is 1. The predicted molar refractivity (Wildman–Crippen MR) is 108 cm³/mol. The maximum Gasteiger partial charge on any atom is 0.147 e. The van der Waals surface area contributed by atoms with Gasteiger partial charge in [0.25, 0.3) is 0 Å². The molecule has 1 aliphatic carbocycles. The Morgan fingerprint density at radius 1 is 1.07 bits per heavy atom. The van der Waals surface area contributed by atoms with Gasteiger partial charge in [0.2, 0.25) is 0 Å². The van der Waals surface area contributed by atoms with E-state index in [0.29, 0.717) is 13.2 Å². The highest BCUT2D eigenvalue weighted by atomic mass is 16.5. The van der Waals surface area contributed by atoms with Crippen molar-refractivity contribution in [2.45, 2.75) is 53.2 Å². The summed E-state index contributed by atoms with van der Waals surface area (Å²) in [6.07, 6.45) is 5.87. The van der Waals surface area contributed by atoms with Crippen LogP contribution in [0.2, 0.25) is 0 Å². The number of hydrogen-bond donors (Lipinski definition) is 0. The summed E-state index contributed by atoms with van der Waals surface area (Å²) in [5, 5.41) is 0. The molecule has 3 aromatic rings. The quantitative estimate of drug-likeness (QED) is 0.561. The van der Waals surface area contributed by atoms with Crippen LogP contribution < -0.4 is 9.47 Å². The highest BCUT2D eigenvalue weighted by Gasteiger charge is 2.23. The molecule has 1 aliphatic rings. The fraction of sp³-hybridized carbons (Fsp3) is 0.435. The normalized spacial score (nSPS) is 14.3. The van der Waals surface area contributed by atoms with Crippen LogP contribution in [-0.4, -0.2) is 16.2 Å². The average Bonchev–Trinajstić information content (AvgIpc) is 2.89. The summed E-state index contributed by atoms with van der Waals surface area (Å²) in [4.78, 5) is 4.65. The largest absolute Gasteiger partial charge is 0.493 e. The molecule has 2 aromatic heterocycles. The molecule has 1 aromatic carbocycles. The Morgan fingerprint density at radius 2 is 1.89 bits per heavy atom. The summed E-state index contributed by atoms with van der Waals surface area (Å²) in [6.45, 7) is 8.57.